The van der Waals surface area contributed by atoms with E-state index >= 15 is 0 Å². The first kappa shape index (κ1) is 29.1. The van der Waals surface area contributed by atoms with E-state index in [9.17, 15) is 24.9 Å². The number of hydrogen-bond acceptors (Lipinski definition) is 8. The van der Waals surface area contributed by atoms with Gasteiger partial charge in [0.15, 0.2) is 0 Å². The summed E-state index contributed by atoms with van der Waals surface area (Å²) in [4.78, 5) is 31.1. The third kappa shape index (κ3) is 9.46. The van der Waals surface area contributed by atoms with Crippen LogP contribution in [0.3, 0.4) is 0 Å². The maximum atomic E-state index is 11.8. The number of phenols is 3. The quantitative estimate of drug-likeness (QED) is 0.105. The van der Waals surface area contributed by atoms with Crippen molar-refractivity contribution in [2.24, 2.45) is 9.98 Å². The molecule has 9 heteroatoms. The van der Waals surface area contributed by atoms with Crippen LogP contribution in [0.1, 0.15) is 28.4 Å². The van der Waals surface area contributed by atoms with Crippen LogP contribution in [0.15, 0.2) is 107 Å². The van der Waals surface area contributed by atoms with Gasteiger partial charge >= 0.3 is 5.97 Å². The number of carbonyl (C=O) groups excluding carboxylic acids is 2. The molecule has 0 aromatic heterocycles. The minimum atomic E-state index is -0.643. The van der Waals surface area contributed by atoms with Gasteiger partial charge < -0.3 is 25.4 Å². The Kier molecular flexibility index (Phi) is 11.0. The van der Waals surface area contributed by atoms with E-state index in [4.69, 9.17) is 4.74 Å². The highest BCUT2D eigenvalue weighted by Crippen LogP contribution is 2.21. The summed E-state index contributed by atoms with van der Waals surface area (Å²) in [5.41, 5.74) is 2.09. The Morgan fingerprint density at radius 2 is 1.18 bits per heavy atom. The molecule has 0 aliphatic heterocycles. The van der Waals surface area contributed by atoms with Crippen LogP contribution in [-0.2, 0) is 4.79 Å². The number of anilines is 1. The van der Waals surface area contributed by atoms with Gasteiger partial charge in [-0.05, 0) is 60.7 Å². The minimum Gasteiger partial charge on any atom is -0.507 e. The number of aromatic hydroxyl groups is 3. The SMILES string of the molecule is CC(=O)Nc1ccc(OC(=O)c2ccccc2O)cc1.Oc1ccccc1/C=N/CC/N=C/c1ccccc1O. The van der Waals surface area contributed by atoms with Crippen LogP contribution >= 0.6 is 0 Å². The highest BCUT2D eigenvalue weighted by molar-refractivity contribution is 5.94. The molecule has 0 radical (unpaired) electrons. The van der Waals surface area contributed by atoms with Crippen molar-refractivity contribution in [2.75, 3.05) is 18.4 Å². The molecule has 0 saturated heterocycles. The van der Waals surface area contributed by atoms with Crippen molar-refractivity contribution < 1.29 is 29.6 Å². The monoisotopic (exact) mass is 539 g/mol. The number of hydrogen-bond donors (Lipinski definition) is 4. The van der Waals surface area contributed by atoms with Gasteiger partial charge in [-0.3, -0.25) is 14.8 Å². The third-order valence-corrected chi connectivity index (χ3v) is 5.20. The van der Waals surface area contributed by atoms with E-state index in [2.05, 4.69) is 15.3 Å². The first-order valence-electron chi connectivity index (χ1n) is 12.3. The molecule has 0 heterocycles. The summed E-state index contributed by atoms with van der Waals surface area (Å²) >= 11 is 0. The fourth-order valence-electron chi connectivity index (χ4n) is 3.25. The molecule has 0 atom stereocenters. The maximum absolute atomic E-state index is 11.8. The van der Waals surface area contributed by atoms with Crippen molar-refractivity contribution in [3.05, 3.63) is 114 Å². The van der Waals surface area contributed by atoms with Gasteiger partial charge in [0.2, 0.25) is 5.91 Å². The summed E-state index contributed by atoms with van der Waals surface area (Å²) in [5.74, 6) is -0.193. The molecule has 9 nitrogen and oxygen atoms in total. The molecule has 4 rings (SSSR count). The summed E-state index contributed by atoms with van der Waals surface area (Å²) in [6.45, 7) is 2.46. The van der Waals surface area contributed by atoms with E-state index in [0.717, 1.165) is 0 Å². The van der Waals surface area contributed by atoms with Gasteiger partial charge in [-0.2, -0.15) is 0 Å². The van der Waals surface area contributed by atoms with Gasteiger partial charge in [-0.25, -0.2) is 4.79 Å². The van der Waals surface area contributed by atoms with Crippen molar-refractivity contribution in [1.82, 2.24) is 0 Å². The van der Waals surface area contributed by atoms with Crippen molar-refractivity contribution in [2.45, 2.75) is 6.92 Å². The van der Waals surface area contributed by atoms with Crippen LogP contribution in [-0.4, -0.2) is 52.7 Å². The second kappa shape index (κ2) is 15.1. The normalized spacial score (nSPS) is 10.6. The number of rotatable bonds is 8. The molecule has 0 saturated carbocycles. The fraction of sp³-hybridized carbons (Fsp3) is 0.0968. The van der Waals surface area contributed by atoms with Gasteiger partial charge in [0.25, 0.3) is 0 Å². The number of esters is 1. The number of nitrogens with zero attached hydrogens (tertiary/aromatic N) is 2. The summed E-state index contributed by atoms with van der Waals surface area (Å²) in [6, 6.07) is 26.6. The standard InChI is InChI=1S/C16H16N2O2.C15H13NO4/c19-15-7-3-1-5-13(15)11-17-9-10-18-12-14-6-2-4-8-16(14)20;1-10(17)16-11-6-8-12(9-7-11)20-15(19)13-4-2-3-5-14(13)18/h1-8,11-12,19-20H,9-10H2;2-9,18H,1H3,(H,16,17)/b17-11+,18-12+;. The number of nitrogens with one attached hydrogen (secondary N) is 1. The molecule has 0 aliphatic rings. The summed E-state index contributed by atoms with van der Waals surface area (Å²) in [7, 11) is 0. The Hall–Kier alpha value is -5.44. The molecule has 4 N–H and O–H groups in total. The molecule has 0 bridgehead atoms. The smallest absolute Gasteiger partial charge is 0.347 e. The average Bonchev–Trinajstić information content (AvgIpc) is 2.94. The zero-order valence-corrected chi connectivity index (χ0v) is 21.8. The summed E-state index contributed by atoms with van der Waals surface area (Å²) < 4.78 is 5.13. The number of phenolic OH excluding ortho intramolecular Hbond substituents is 3. The van der Waals surface area contributed by atoms with E-state index in [1.807, 2.05) is 12.1 Å². The number of benzene rings is 4. The number of aliphatic imine (C=N–C) groups is 2. The van der Waals surface area contributed by atoms with E-state index in [-0.39, 0.29) is 28.7 Å². The first-order valence-corrected chi connectivity index (χ1v) is 12.3. The second-order valence-corrected chi connectivity index (χ2v) is 8.30. The molecule has 4 aromatic rings. The molecule has 0 fully saturated rings. The maximum Gasteiger partial charge on any atom is 0.347 e. The largest absolute Gasteiger partial charge is 0.507 e. The first-order chi connectivity index (χ1) is 19.3. The van der Waals surface area contributed by atoms with Crippen LogP contribution in [0.25, 0.3) is 0 Å². The highest BCUT2D eigenvalue weighted by Gasteiger charge is 2.12. The minimum absolute atomic E-state index is 0.0958. The van der Waals surface area contributed by atoms with Gasteiger partial charge in [0, 0.05) is 36.2 Å². The molecular weight excluding hydrogens is 510 g/mol. The number of ether oxygens (including phenoxy) is 1. The Labute approximate surface area is 231 Å². The third-order valence-electron chi connectivity index (χ3n) is 5.20. The lowest BCUT2D eigenvalue weighted by Crippen LogP contribution is -2.09. The predicted octanol–water partition coefficient (Wildman–Crippen LogP) is 5.21. The van der Waals surface area contributed by atoms with Crippen molar-refractivity contribution in [1.29, 1.82) is 0 Å². The fourth-order valence-corrected chi connectivity index (χ4v) is 3.25. The topological polar surface area (TPSA) is 141 Å². The predicted molar refractivity (Wildman–Crippen MR) is 155 cm³/mol. The number of carbonyl (C=O) groups is 2. The van der Waals surface area contributed by atoms with Crippen LogP contribution in [0.2, 0.25) is 0 Å². The molecular formula is C31H29N3O6. The van der Waals surface area contributed by atoms with Crippen LogP contribution in [0.5, 0.6) is 23.0 Å². The second-order valence-electron chi connectivity index (χ2n) is 8.30. The Morgan fingerprint density at radius 1 is 0.700 bits per heavy atom. The number of amides is 1. The van der Waals surface area contributed by atoms with Gasteiger partial charge in [-0.1, -0.05) is 36.4 Å². The highest BCUT2D eigenvalue weighted by atomic mass is 16.5. The lowest BCUT2D eigenvalue weighted by atomic mass is 10.2. The van der Waals surface area contributed by atoms with E-state index in [0.29, 0.717) is 35.7 Å². The molecule has 4 aromatic carbocycles. The van der Waals surface area contributed by atoms with Crippen LogP contribution in [0, 0.1) is 0 Å². The van der Waals surface area contributed by atoms with E-state index in [1.165, 1.54) is 19.1 Å². The Bertz CT molecular complexity index is 1430. The van der Waals surface area contributed by atoms with Crippen molar-refractivity contribution >= 4 is 30.0 Å². The molecule has 204 valence electrons. The zero-order chi connectivity index (χ0) is 28.7. The van der Waals surface area contributed by atoms with Gasteiger partial charge in [-0.15, -0.1) is 0 Å². The molecule has 1 amide bonds. The Balaban J connectivity index is 0.000000220. The lowest BCUT2D eigenvalue weighted by Gasteiger charge is -2.07. The zero-order valence-electron chi connectivity index (χ0n) is 21.8. The lowest BCUT2D eigenvalue weighted by molar-refractivity contribution is -0.114. The Morgan fingerprint density at radius 3 is 1.65 bits per heavy atom. The van der Waals surface area contributed by atoms with Crippen molar-refractivity contribution in [3.63, 3.8) is 0 Å². The molecule has 0 spiro atoms. The molecule has 0 unspecified atom stereocenters. The average molecular weight is 540 g/mol. The van der Waals surface area contributed by atoms with Crippen LogP contribution in [0.4, 0.5) is 5.69 Å². The number of para-hydroxylation sites is 3. The summed E-state index contributed by atoms with van der Waals surface area (Å²) in [6.07, 6.45) is 3.26. The van der Waals surface area contributed by atoms with Crippen LogP contribution < -0.4 is 10.1 Å². The van der Waals surface area contributed by atoms with Gasteiger partial charge in [0.05, 0.1) is 13.1 Å². The molecule has 0 aliphatic carbocycles. The van der Waals surface area contributed by atoms with E-state index < -0.39 is 5.97 Å². The van der Waals surface area contributed by atoms with Crippen molar-refractivity contribution in [3.8, 4) is 23.0 Å². The molecule has 40 heavy (non-hydrogen) atoms. The van der Waals surface area contributed by atoms with E-state index in [1.54, 1.807) is 85.2 Å². The summed E-state index contributed by atoms with van der Waals surface area (Å²) in [5, 5.41) is 31.2. The van der Waals surface area contributed by atoms with Gasteiger partial charge in [0.1, 0.15) is 28.6 Å².